The van der Waals surface area contributed by atoms with Crippen LogP contribution in [0.1, 0.15) is 310 Å². The quantitative estimate of drug-likeness (QED) is 0.0262. The lowest BCUT2D eigenvalue weighted by Gasteiger charge is -2.18. The standard InChI is InChI=1S/C60H110O6/c1-4-7-10-13-16-18-20-22-24-26-28-29-30-31-33-34-36-38-40-42-44-47-50-53-59(62)65-56-57(55-64-58(61)52-49-46-15-12-9-6-3)66-60(63)54-51-48-45-43-41-39-37-35-32-27-25-23-21-19-17-14-11-8-5-2/h20,22,26,28,30-31,57H,4-19,21,23-25,27,29,32-56H2,1-3H3/b22-20-,28-26-,31-30-. The molecule has 0 radical (unpaired) electrons. The molecule has 0 rings (SSSR count). The van der Waals surface area contributed by atoms with Crippen LogP contribution in [-0.4, -0.2) is 37.2 Å². The number of esters is 3. The summed E-state index contributed by atoms with van der Waals surface area (Å²) in [7, 11) is 0. The predicted molar refractivity (Wildman–Crippen MR) is 284 cm³/mol. The van der Waals surface area contributed by atoms with Gasteiger partial charge in [0.2, 0.25) is 0 Å². The summed E-state index contributed by atoms with van der Waals surface area (Å²) in [5.74, 6) is -0.872. The molecule has 0 N–H and O–H groups in total. The van der Waals surface area contributed by atoms with Crippen molar-refractivity contribution >= 4 is 17.9 Å². The lowest BCUT2D eigenvalue weighted by atomic mass is 10.0. The molecule has 0 aliphatic rings. The molecule has 0 saturated carbocycles. The molecule has 0 aromatic carbocycles. The Bertz CT molecular complexity index is 1110. The van der Waals surface area contributed by atoms with E-state index in [2.05, 4.69) is 57.2 Å². The second-order valence-electron chi connectivity index (χ2n) is 19.6. The Hall–Kier alpha value is -2.37. The van der Waals surface area contributed by atoms with E-state index in [-0.39, 0.29) is 31.1 Å². The first-order valence-corrected chi connectivity index (χ1v) is 29.0. The Kier molecular flexibility index (Phi) is 53.2. The second kappa shape index (κ2) is 55.2. The van der Waals surface area contributed by atoms with Gasteiger partial charge in [-0.3, -0.25) is 14.4 Å². The van der Waals surface area contributed by atoms with Crippen LogP contribution in [0.25, 0.3) is 0 Å². The number of rotatable bonds is 53. The summed E-state index contributed by atoms with van der Waals surface area (Å²) in [5, 5.41) is 0. The van der Waals surface area contributed by atoms with Gasteiger partial charge in [-0.1, -0.05) is 269 Å². The van der Waals surface area contributed by atoms with Crippen molar-refractivity contribution < 1.29 is 28.6 Å². The second-order valence-corrected chi connectivity index (χ2v) is 19.6. The average Bonchev–Trinajstić information content (AvgIpc) is 3.31. The van der Waals surface area contributed by atoms with E-state index in [1.807, 2.05) is 0 Å². The van der Waals surface area contributed by atoms with Gasteiger partial charge in [0.25, 0.3) is 0 Å². The molecule has 0 bridgehead atoms. The van der Waals surface area contributed by atoms with Crippen LogP contribution in [0.5, 0.6) is 0 Å². The summed E-state index contributed by atoms with van der Waals surface area (Å²) in [4.78, 5) is 37.9. The lowest BCUT2D eigenvalue weighted by Crippen LogP contribution is -2.30. The molecule has 6 nitrogen and oxygen atoms in total. The van der Waals surface area contributed by atoms with Gasteiger partial charge in [-0.05, 0) is 57.8 Å². The molecule has 0 spiro atoms. The minimum atomic E-state index is -0.769. The third-order valence-electron chi connectivity index (χ3n) is 12.9. The van der Waals surface area contributed by atoms with Gasteiger partial charge in [0.1, 0.15) is 13.2 Å². The first-order chi connectivity index (χ1) is 32.5. The summed E-state index contributed by atoms with van der Waals surface area (Å²) >= 11 is 0. The SMILES string of the molecule is CCCCCCC/C=C\C/C=C\C/C=C\CCCCCCCCCCC(=O)OCC(COC(=O)CCCCCCCC)OC(=O)CCCCCCCCCCCCCCCCCCCCC. The monoisotopic (exact) mass is 927 g/mol. The summed E-state index contributed by atoms with van der Waals surface area (Å²) in [6, 6.07) is 0. The molecule has 0 aromatic heterocycles. The fourth-order valence-corrected chi connectivity index (χ4v) is 8.51. The first-order valence-electron chi connectivity index (χ1n) is 29.0. The molecular weight excluding hydrogens is 817 g/mol. The van der Waals surface area contributed by atoms with Crippen molar-refractivity contribution in [1.82, 2.24) is 0 Å². The van der Waals surface area contributed by atoms with Crippen molar-refractivity contribution in [1.29, 1.82) is 0 Å². The fourth-order valence-electron chi connectivity index (χ4n) is 8.51. The van der Waals surface area contributed by atoms with Crippen molar-refractivity contribution in [2.24, 2.45) is 0 Å². The zero-order chi connectivity index (χ0) is 47.9. The molecule has 1 unspecified atom stereocenters. The number of allylic oxidation sites excluding steroid dienone is 6. The van der Waals surface area contributed by atoms with Gasteiger partial charge in [-0.2, -0.15) is 0 Å². The molecule has 0 amide bonds. The van der Waals surface area contributed by atoms with E-state index in [9.17, 15) is 14.4 Å². The van der Waals surface area contributed by atoms with E-state index in [4.69, 9.17) is 14.2 Å². The third kappa shape index (κ3) is 52.6. The normalized spacial score (nSPS) is 12.2. The van der Waals surface area contributed by atoms with Crippen molar-refractivity contribution in [3.63, 3.8) is 0 Å². The van der Waals surface area contributed by atoms with E-state index in [0.29, 0.717) is 19.3 Å². The smallest absolute Gasteiger partial charge is 0.306 e. The van der Waals surface area contributed by atoms with E-state index in [1.54, 1.807) is 0 Å². The molecule has 0 heterocycles. The molecular formula is C60H110O6. The van der Waals surface area contributed by atoms with Crippen LogP contribution in [0.3, 0.4) is 0 Å². The highest BCUT2D eigenvalue weighted by Crippen LogP contribution is 2.17. The molecule has 0 saturated heterocycles. The maximum Gasteiger partial charge on any atom is 0.306 e. The van der Waals surface area contributed by atoms with E-state index in [0.717, 1.165) is 77.0 Å². The molecule has 0 aliphatic heterocycles. The van der Waals surface area contributed by atoms with Crippen molar-refractivity contribution in [3.8, 4) is 0 Å². The van der Waals surface area contributed by atoms with E-state index >= 15 is 0 Å². The third-order valence-corrected chi connectivity index (χ3v) is 12.9. The molecule has 1 atom stereocenters. The number of carbonyl (C=O) groups is 3. The topological polar surface area (TPSA) is 78.9 Å². The molecule has 66 heavy (non-hydrogen) atoms. The van der Waals surface area contributed by atoms with Crippen molar-refractivity contribution in [3.05, 3.63) is 36.5 Å². The van der Waals surface area contributed by atoms with Gasteiger partial charge in [0, 0.05) is 19.3 Å². The number of carbonyl (C=O) groups excluding carboxylic acids is 3. The summed E-state index contributed by atoms with van der Waals surface area (Å²) in [6.45, 7) is 6.60. The van der Waals surface area contributed by atoms with Crippen LogP contribution in [-0.2, 0) is 28.6 Å². The zero-order valence-electron chi connectivity index (χ0n) is 44.2. The van der Waals surface area contributed by atoms with E-state index < -0.39 is 6.10 Å². The Morgan fingerprint density at radius 3 is 0.848 bits per heavy atom. The van der Waals surface area contributed by atoms with Gasteiger partial charge >= 0.3 is 17.9 Å². The summed E-state index contributed by atoms with van der Waals surface area (Å²) in [5.41, 5.74) is 0. The van der Waals surface area contributed by atoms with Crippen molar-refractivity contribution in [2.75, 3.05) is 13.2 Å². The maximum absolute atomic E-state index is 12.8. The van der Waals surface area contributed by atoms with Crippen LogP contribution < -0.4 is 0 Å². The van der Waals surface area contributed by atoms with Gasteiger partial charge in [-0.25, -0.2) is 0 Å². The molecule has 6 heteroatoms. The maximum atomic E-state index is 12.8. The number of unbranched alkanes of at least 4 members (excludes halogenated alkanes) is 36. The number of ether oxygens (including phenoxy) is 3. The average molecular weight is 928 g/mol. The molecule has 0 aromatic rings. The van der Waals surface area contributed by atoms with Gasteiger partial charge in [0.05, 0.1) is 0 Å². The van der Waals surface area contributed by atoms with Crippen molar-refractivity contribution in [2.45, 2.75) is 316 Å². The highest BCUT2D eigenvalue weighted by atomic mass is 16.6. The first kappa shape index (κ1) is 63.6. The lowest BCUT2D eigenvalue weighted by molar-refractivity contribution is -0.167. The molecule has 0 aliphatic carbocycles. The Morgan fingerprint density at radius 2 is 0.545 bits per heavy atom. The Labute approximate surface area is 410 Å². The van der Waals surface area contributed by atoms with Crippen LogP contribution in [0.4, 0.5) is 0 Å². The summed E-state index contributed by atoms with van der Waals surface area (Å²) < 4.78 is 16.8. The summed E-state index contributed by atoms with van der Waals surface area (Å²) in [6.07, 6.45) is 66.0. The Morgan fingerprint density at radius 1 is 0.303 bits per heavy atom. The van der Waals surface area contributed by atoms with E-state index in [1.165, 1.54) is 193 Å². The van der Waals surface area contributed by atoms with Crippen LogP contribution in [0, 0.1) is 0 Å². The van der Waals surface area contributed by atoms with Crippen LogP contribution in [0.2, 0.25) is 0 Å². The number of hydrogen-bond acceptors (Lipinski definition) is 6. The van der Waals surface area contributed by atoms with Crippen LogP contribution >= 0.6 is 0 Å². The Balaban J connectivity index is 4.13. The fraction of sp³-hybridized carbons (Fsp3) is 0.850. The minimum absolute atomic E-state index is 0.0715. The van der Waals surface area contributed by atoms with Gasteiger partial charge in [0.15, 0.2) is 6.10 Å². The zero-order valence-corrected chi connectivity index (χ0v) is 44.2. The predicted octanol–water partition coefficient (Wildman–Crippen LogP) is 19.3. The minimum Gasteiger partial charge on any atom is -0.462 e. The largest absolute Gasteiger partial charge is 0.462 e. The van der Waals surface area contributed by atoms with Crippen LogP contribution in [0.15, 0.2) is 36.5 Å². The molecule has 0 fully saturated rings. The highest BCUT2D eigenvalue weighted by molar-refractivity contribution is 5.71. The molecule has 386 valence electrons. The van der Waals surface area contributed by atoms with Gasteiger partial charge in [-0.15, -0.1) is 0 Å². The number of hydrogen-bond donors (Lipinski definition) is 0. The highest BCUT2D eigenvalue weighted by Gasteiger charge is 2.19. The van der Waals surface area contributed by atoms with Gasteiger partial charge < -0.3 is 14.2 Å².